The normalized spacial score (nSPS) is 13.8. The summed E-state index contributed by atoms with van der Waals surface area (Å²) < 4.78 is 28.1. The summed E-state index contributed by atoms with van der Waals surface area (Å²) in [6.45, 7) is 0.238. The molecule has 0 bridgehead atoms. The van der Waals surface area contributed by atoms with Gasteiger partial charge in [-0.05, 0) is 42.0 Å². The molecule has 1 unspecified atom stereocenters. The Morgan fingerprint density at radius 1 is 0.930 bits per heavy atom. The molecule has 8 nitrogen and oxygen atoms in total. The van der Waals surface area contributed by atoms with Gasteiger partial charge in [0.05, 0.1) is 35.7 Å². The van der Waals surface area contributed by atoms with Gasteiger partial charge in [-0.3, -0.25) is 0 Å². The lowest BCUT2D eigenvalue weighted by molar-refractivity contribution is 0.0734. The Morgan fingerprint density at radius 3 is 2.35 bits per heavy atom. The third-order valence-corrected chi connectivity index (χ3v) is 7.63. The molecule has 4 aromatic rings. The number of methoxy groups -OCH3 is 2. The fourth-order valence-corrected chi connectivity index (χ4v) is 5.47. The highest BCUT2D eigenvalue weighted by molar-refractivity contribution is 6.37. The highest BCUT2D eigenvalue weighted by atomic mass is 35.5. The van der Waals surface area contributed by atoms with Gasteiger partial charge in [-0.15, -0.1) is 0 Å². The topological polar surface area (TPSA) is 113 Å². The van der Waals surface area contributed by atoms with E-state index in [-0.39, 0.29) is 45.2 Å². The Morgan fingerprint density at radius 2 is 1.67 bits per heavy atom. The molecule has 5 rings (SSSR count). The molecule has 1 aliphatic rings. The van der Waals surface area contributed by atoms with E-state index in [9.17, 15) is 10.1 Å². The maximum atomic E-state index is 12.9. The van der Waals surface area contributed by atoms with E-state index in [1.165, 1.54) is 32.4 Å². The lowest BCUT2D eigenvalue weighted by atomic mass is 9.83. The zero-order valence-electron chi connectivity index (χ0n) is 22.8. The Balaban J connectivity index is 1.43. The van der Waals surface area contributed by atoms with Crippen LogP contribution in [-0.2, 0) is 6.61 Å². The number of fused-ring (bicyclic) bond motifs is 1. The smallest absolute Gasteiger partial charge is 0.343 e. The maximum Gasteiger partial charge on any atom is 0.343 e. The number of nitrogens with zero attached hydrogens (tertiary/aromatic N) is 1. The number of hydrogen-bond acceptors (Lipinski definition) is 8. The molecule has 218 valence electrons. The molecule has 0 saturated carbocycles. The summed E-state index contributed by atoms with van der Waals surface area (Å²) in [4.78, 5) is 12.9. The standard InChI is InChI=1S/C32H23Cl3N2O6/c1-39-28-13-17(7-10-26(28)41-16-18-5-3-4-6-23(18)33)29-21-9-8-20(14-27(21)43-31(37)22(29)15-36)42-32(38)19-11-24(34)30(40-2)25(35)12-19/h3-14,29H,16,37H2,1-2H3. The Kier molecular flexibility index (Phi) is 8.88. The number of halogens is 3. The summed E-state index contributed by atoms with van der Waals surface area (Å²) in [7, 11) is 2.95. The van der Waals surface area contributed by atoms with Crippen molar-refractivity contribution >= 4 is 40.8 Å². The van der Waals surface area contributed by atoms with E-state index in [4.69, 9.17) is 64.2 Å². The van der Waals surface area contributed by atoms with Crippen molar-refractivity contribution in [3.8, 4) is 34.8 Å². The van der Waals surface area contributed by atoms with Gasteiger partial charge >= 0.3 is 5.97 Å². The first-order valence-electron chi connectivity index (χ1n) is 12.7. The lowest BCUT2D eigenvalue weighted by Crippen LogP contribution is -2.21. The summed E-state index contributed by atoms with van der Waals surface area (Å²) >= 11 is 18.6. The van der Waals surface area contributed by atoms with Gasteiger partial charge < -0.3 is 29.4 Å². The second kappa shape index (κ2) is 12.8. The molecule has 43 heavy (non-hydrogen) atoms. The monoisotopic (exact) mass is 636 g/mol. The SMILES string of the molecule is COc1cc(C2C(C#N)=C(N)Oc3cc(OC(=O)c4cc(Cl)c(OC)c(Cl)c4)ccc32)ccc1OCc1ccccc1Cl. The van der Waals surface area contributed by atoms with Crippen molar-refractivity contribution in [1.82, 2.24) is 0 Å². The molecule has 0 aliphatic carbocycles. The van der Waals surface area contributed by atoms with Crippen LogP contribution in [-0.4, -0.2) is 20.2 Å². The number of allylic oxidation sites excluding steroid dienone is 1. The number of carbonyl (C=O) groups is 1. The number of carbonyl (C=O) groups excluding carboxylic acids is 1. The van der Waals surface area contributed by atoms with E-state index in [0.717, 1.165) is 5.56 Å². The zero-order valence-corrected chi connectivity index (χ0v) is 25.1. The van der Waals surface area contributed by atoms with Crippen molar-refractivity contribution in [3.05, 3.63) is 122 Å². The minimum Gasteiger partial charge on any atom is -0.494 e. The number of nitriles is 1. The average molecular weight is 638 g/mol. The molecule has 1 atom stereocenters. The Labute approximate surface area is 262 Å². The van der Waals surface area contributed by atoms with E-state index >= 15 is 0 Å². The third kappa shape index (κ3) is 6.15. The molecule has 4 aromatic carbocycles. The first-order chi connectivity index (χ1) is 20.7. The van der Waals surface area contributed by atoms with Gasteiger partial charge in [0, 0.05) is 22.2 Å². The van der Waals surface area contributed by atoms with Crippen LogP contribution in [0.25, 0.3) is 0 Å². The van der Waals surface area contributed by atoms with Gasteiger partial charge in [0.2, 0.25) is 5.88 Å². The van der Waals surface area contributed by atoms with Crippen molar-refractivity contribution in [1.29, 1.82) is 5.26 Å². The van der Waals surface area contributed by atoms with Crippen LogP contribution in [0, 0.1) is 11.3 Å². The molecular weight excluding hydrogens is 615 g/mol. The van der Waals surface area contributed by atoms with Gasteiger partial charge in [-0.25, -0.2) is 4.79 Å². The number of benzene rings is 4. The first kappa shape index (κ1) is 29.9. The van der Waals surface area contributed by atoms with E-state index in [0.29, 0.717) is 33.4 Å². The molecule has 0 amide bonds. The van der Waals surface area contributed by atoms with Crippen LogP contribution in [0.1, 0.15) is 33.0 Å². The summed E-state index contributed by atoms with van der Waals surface area (Å²) in [5.74, 6) is 0.332. The predicted molar refractivity (Wildman–Crippen MR) is 162 cm³/mol. The number of rotatable bonds is 8. The fraction of sp³-hybridized carbons (Fsp3) is 0.125. The van der Waals surface area contributed by atoms with Crippen molar-refractivity contribution in [3.63, 3.8) is 0 Å². The summed E-state index contributed by atoms with van der Waals surface area (Å²) in [5.41, 5.74) is 8.68. The first-order valence-corrected chi connectivity index (χ1v) is 13.9. The van der Waals surface area contributed by atoms with Crippen LogP contribution in [0.3, 0.4) is 0 Å². The van der Waals surface area contributed by atoms with E-state index in [2.05, 4.69) is 6.07 Å². The number of hydrogen-bond donors (Lipinski definition) is 1. The number of esters is 1. The second-order valence-corrected chi connectivity index (χ2v) is 10.5. The molecule has 0 saturated heterocycles. The second-order valence-electron chi connectivity index (χ2n) is 9.28. The molecule has 0 spiro atoms. The molecule has 2 N–H and O–H groups in total. The van der Waals surface area contributed by atoms with E-state index < -0.39 is 11.9 Å². The van der Waals surface area contributed by atoms with Gasteiger partial charge in [0.15, 0.2) is 17.2 Å². The van der Waals surface area contributed by atoms with Gasteiger partial charge in [-0.2, -0.15) is 5.26 Å². The Hall–Kier alpha value is -4.55. The summed E-state index contributed by atoms with van der Waals surface area (Å²) in [5, 5.41) is 10.9. The third-order valence-electron chi connectivity index (χ3n) is 6.70. The van der Waals surface area contributed by atoms with Crippen LogP contribution in [0.5, 0.6) is 28.7 Å². The fourth-order valence-electron chi connectivity index (χ4n) is 4.63. The van der Waals surface area contributed by atoms with E-state index in [1.54, 1.807) is 30.3 Å². The quantitative estimate of drug-likeness (QED) is 0.155. The van der Waals surface area contributed by atoms with Crippen LogP contribution in [0.4, 0.5) is 0 Å². The largest absolute Gasteiger partial charge is 0.494 e. The molecule has 11 heteroatoms. The van der Waals surface area contributed by atoms with Crippen molar-refractivity contribution in [2.45, 2.75) is 12.5 Å². The van der Waals surface area contributed by atoms with Crippen molar-refractivity contribution in [2.75, 3.05) is 14.2 Å². The average Bonchev–Trinajstić information content (AvgIpc) is 2.99. The van der Waals surface area contributed by atoms with Gasteiger partial charge in [-0.1, -0.05) is 65.1 Å². The van der Waals surface area contributed by atoms with Crippen LogP contribution in [0.15, 0.2) is 84.3 Å². The minimum absolute atomic E-state index is 0.0739. The van der Waals surface area contributed by atoms with Crippen molar-refractivity contribution in [2.24, 2.45) is 5.73 Å². The molecular formula is C32H23Cl3N2O6. The molecule has 0 fully saturated rings. The zero-order chi connectivity index (χ0) is 30.7. The number of ether oxygens (including phenoxy) is 5. The summed E-state index contributed by atoms with van der Waals surface area (Å²) in [6, 6.07) is 22.5. The minimum atomic E-state index is -0.697. The molecule has 1 aliphatic heterocycles. The highest BCUT2D eigenvalue weighted by Crippen LogP contribution is 2.45. The van der Waals surface area contributed by atoms with Gasteiger partial charge in [0.1, 0.15) is 29.7 Å². The highest BCUT2D eigenvalue weighted by Gasteiger charge is 2.32. The maximum absolute atomic E-state index is 12.9. The summed E-state index contributed by atoms with van der Waals surface area (Å²) in [6.07, 6.45) is 0. The van der Waals surface area contributed by atoms with E-state index in [1.807, 2.05) is 24.3 Å². The van der Waals surface area contributed by atoms with Crippen molar-refractivity contribution < 1.29 is 28.5 Å². The van der Waals surface area contributed by atoms with Crippen LogP contribution >= 0.6 is 34.8 Å². The predicted octanol–water partition coefficient (Wildman–Crippen LogP) is 7.68. The van der Waals surface area contributed by atoms with Crippen LogP contribution in [0.2, 0.25) is 15.1 Å². The van der Waals surface area contributed by atoms with Crippen LogP contribution < -0.4 is 29.4 Å². The molecule has 0 radical (unpaired) electrons. The Bertz CT molecular complexity index is 1780. The molecule has 0 aromatic heterocycles. The molecule has 1 heterocycles. The number of nitrogens with two attached hydrogens (primary N) is 1. The van der Waals surface area contributed by atoms with Gasteiger partial charge in [0.25, 0.3) is 0 Å². The lowest BCUT2D eigenvalue weighted by Gasteiger charge is -2.27.